The number of rotatable bonds is 2. The molecule has 2 heterocycles. The van der Waals surface area contributed by atoms with Crippen molar-refractivity contribution >= 4 is 54.1 Å². The summed E-state index contributed by atoms with van der Waals surface area (Å²) in [4.78, 5) is 9.37. The minimum atomic E-state index is 0.943. The Bertz CT molecular complexity index is 2180. The molecule has 0 bridgehead atoms. The zero-order chi connectivity index (χ0) is 25.1. The van der Waals surface area contributed by atoms with Crippen molar-refractivity contribution in [3.05, 3.63) is 134 Å². The Labute approximate surface area is 219 Å². The molecule has 0 spiro atoms. The molecule has 2 aromatic heterocycles. The van der Waals surface area contributed by atoms with Crippen LogP contribution < -0.4 is 0 Å². The first-order valence-corrected chi connectivity index (χ1v) is 12.9. The Morgan fingerprint density at radius 1 is 0.368 bits per heavy atom. The van der Waals surface area contributed by atoms with Crippen molar-refractivity contribution in [2.45, 2.75) is 0 Å². The number of aromatic nitrogens is 2. The third-order valence-corrected chi connectivity index (χ3v) is 7.68. The Morgan fingerprint density at radius 3 is 1.87 bits per heavy atom. The molecule has 0 N–H and O–H groups in total. The molecule has 0 saturated carbocycles. The average molecular weight is 483 g/mol. The molecule has 0 aliphatic rings. The van der Waals surface area contributed by atoms with Crippen molar-refractivity contribution in [2.24, 2.45) is 0 Å². The van der Waals surface area contributed by atoms with E-state index in [1.54, 1.807) is 0 Å². The number of hydrogen-bond acceptors (Lipinski definition) is 2. The molecule has 0 amide bonds. The number of pyridine rings is 2. The maximum atomic E-state index is 4.81. The van der Waals surface area contributed by atoms with Crippen LogP contribution in [0.3, 0.4) is 0 Å². The van der Waals surface area contributed by atoms with Gasteiger partial charge in [0.15, 0.2) is 0 Å². The highest BCUT2D eigenvalue weighted by Crippen LogP contribution is 2.38. The van der Waals surface area contributed by atoms with E-state index in [-0.39, 0.29) is 0 Å². The van der Waals surface area contributed by atoms with Gasteiger partial charge in [0.25, 0.3) is 0 Å². The highest BCUT2D eigenvalue weighted by atomic mass is 14.7. The zero-order valence-corrected chi connectivity index (χ0v) is 20.6. The molecular weight excluding hydrogens is 460 g/mol. The van der Waals surface area contributed by atoms with Gasteiger partial charge in [0, 0.05) is 28.7 Å². The largest absolute Gasteiger partial charge is 0.254 e. The molecule has 8 aromatic rings. The fourth-order valence-corrected chi connectivity index (χ4v) is 5.76. The maximum Gasteiger partial charge on any atom is 0.0964 e. The molecule has 176 valence electrons. The van der Waals surface area contributed by atoms with E-state index in [9.17, 15) is 0 Å². The van der Waals surface area contributed by atoms with Gasteiger partial charge in [-0.1, -0.05) is 91.0 Å². The first kappa shape index (κ1) is 21.0. The molecule has 8 rings (SSSR count). The third kappa shape index (κ3) is 3.28. The van der Waals surface area contributed by atoms with Gasteiger partial charge in [-0.15, -0.1) is 0 Å². The molecule has 6 aromatic carbocycles. The van der Waals surface area contributed by atoms with E-state index in [2.05, 4.69) is 120 Å². The summed E-state index contributed by atoms with van der Waals surface area (Å²) < 4.78 is 0. The van der Waals surface area contributed by atoms with E-state index in [0.717, 1.165) is 32.9 Å². The fourth-order valence-electron chi connectivity index (χ4n) is 5.76. The lowest BCUT2D eigenvalue weighted by molar-refractivity contribution is 1.37. The summed E-state index contributed by atoms with van der Waals surface area (Å²) in [5.74, 6) is 0. The van der Waals surface area contributed by atoms with Crippen molar-refractivity contribution < 1.29 is 0 Å². The SMILES string of the molecule is c1ccc2cc3c(cc2c1)c(-c1ccc(-c2cnc4c(ccc5cccnc54)c2)cc1)cc1ccccc13. The number of hydrogen-bond donors (Lipinski definition) is 0. The van der Waals surface area contributed by atoms with Crippen LogP contribution in [-0.4, -0.2) is 9.97 Å². The molecule has 0 saturated heterocycles. The van der Waals surface area contributed by atoms with Gasteiger partial charge in [0.05, 0.1) is 11.0 Å². The summed E-state index contributed by atoms with van der Waals surface area (Å²) in [6.45, 7) is 0. The van der Waals surface area contributed by atoms with E-state index in [4.69, 9.17) is 4.98 Å². The third-order valence-electron chi connectivity index (χ3n) is 7.68. The van der Waals surface area contributed by atoms with Gasteiger partial charge in [-0.3, -0.25) is 9.97 Å². The van der Waals surface area contributed by atoms with Crippen LogP contribution in [0, 0.1) is 0 Å². The molecule has 0 unspecified atom stereocenters. The normalized spacial score (nSPS) is 11.7. The second-order valence-corrected chi connectivity index (χ2v) is 9.90. The van der Waals surface area contributed by atoms with Crippen LogP contribution in [-0.2, 0) is 0 Å². The van der Waals surface area contributed by atoms with Gasteiger partial charge < -0.3 is 0 Å². The summed E-state index contributed by atoms with van der Waals surface area (Å²) in [5, 5.41) is 9.86. The molecule has 0 fully saturated rings. The van der Waals surface area contributed by atoms with Crippen LogP contribution in [0.25, 0.3) is 76.4 Å². The molecule has 2 nitrogen and oxygen atoms in total. The minimum Gasteiger partial charge on any atom is -0.254 e. The smallest absolute Gasteiger partial charge is 0.0964 e. The minimum absolute atomic E-state index is 0.943. The monoisotopic (exact) mass is 482 g/mol. The van der Waals surface area contributed by atoms with Crippen molar-refractivity contribution in [3.63, 3.8) is 0 Å². The summed E-state index contributed by atoms with van der Waals surface area (Å²) >= 11 is 0. The Balaban J connectivity index is 1.28. The predicted molar refractivity (Wildman–Crippen MR) is 160 cm³/mol. The topological polar surface area (TPSA) is 25.8 Å². The molecule has 38 heavy (non-hydrogen) atoms. The highest BCUT2D eigenvalue weighted by Gasteiger charge is 2.11. The standard InChI is InChI=1S/C36H22N2/c1-2-7-27-20-34-32(21-28-8-3-4-10-31(28)33(34)19-26(27)6-1)24-13-11-23(12-14-24)30-18-29-16-15-25-9-5-17-37-35(25)36(29)38-22-30/h1-22H. The van der Waals surface area contributed by atoms with E-state index in [0.29, 0.717) is 0 Å². The molecule has 2 heteroatoms. The van der Waals surface area contributed by atoms with E-state index in [1.165, 1.54) is 43.4 Å². The molecule has 0 aliphatic heterocycles. The lowest BCUT2D eigenvalue weighted by atomic mass is 9.91. The van der Waals surface area contributed by atoms with Crippen molar-refractivity contribution in [1.29, 1.82) is 0 Å². The lowest BCUT2D eigenvalue weighted by Gasteiger charge is -2.13. The van der Waals surface area contributed by atoms with Gasteiger partial charge in [-0.2, -0.15) is 0 Å². The predicted octanol–water partition coefficient (Wildman–Crippen LogP) is 9.58. The Hall–Kier alpha value is -5.08. The molecular formula is C36H22N2. The Morgan fingerprint density at radius 2 is 1.03 bits per heavy atom. The first-order valence-electron chi connectivity index (χ1n) is 12.9. The van der Waals surface area contributed by atoms with Crippen molar-refractivity contribution in [2.75, 3.05) is 0 Å². The average Bonchev–Trinajstić information content (AvgIpc) is 2.99. The number of nitrogens with zero attached hydrogens (tertiary/aromatic N) is 2. The van der Waals surface area contributed by atoms with Crippen LogP contribution in [0.15, 0.2) is 134 Å². The second kappa shape index (κ2) is 8.22. The van der Waals surface area contributed by atoms with Gasteiger partial charge in [0.2, 0.25) is 0 Å². The Kier molecular flexibility index (Phi) is 4.55. The summed E-state index contributed by atoms with van der Waals surface area (Å²) in [7, 11) is 0. The van der Waals surface area contributed by atoms with Crippen LogP contribution in [0.5, 0.6) is 0 Å². The molecule has 0 radical (unpaired) electrons. The number of fused-ring (bicyclic) bond motifs is 7. The molecule has 0 atom stereocenters. The number of benzene rings is 6. The van der Waals surface area contributed by atoms with E-state index >= 15 is 0 Å². The van der Waals surface area contributed by atoms with Crippen molar-refractivity contribution in [3.8, 4) is 22.3 Å². The van der Waals surface area contributed by atoms with Crippen LogP contribution in [0.4, 0.5) is 0 Å². The lowest BCUT2D eigenvalue weighted by Crippen LogP contribution is -1.88. The van der Waals surface area contributed by atoms with Gasteiger partial charge in [-0.25, -0.2) is 0 Å². The summed E-state index contributed by atoms with van der Waals surface area (Å²) in [5.41, 5.74) is 6.61. The van der Waals surface area contributed by atoms with E-state index < -0.39 is 0 Å². The van der Waals surface area contributed by atoms with Crippen molar-refractivity contribution in [1.82, 2.24) is 9.97 Å². The maximum absolute atomic E-state index is 4.81. The van der Waals surface area contributed by atoms with Gasteiger partial charge in [0.1, 0.15) is 0 Å². The fraction of sp³-hybridized carbons (Fsp3) is 0. The quantitative estimate of drug-likeness (QED) is 0.181. The summed E-state index contributed by atoms with van der Waals surface area (Å²) in [6, 6.07) is 43.7. The summed E-state index contributed by atoms with van der Waals surface area (Å²) in [6.07, 6.45) is 3.79. The molecule has 0 aliphatic carbocycles. The first-order chi connectivity index (χ1) is 18.8. The van der Waals surface area contributed by atoms with Crippen LogP contribution >= 0.6 is 0 Å². The van der Waals surface area contributed by atoms with Crippen LogP contribution in [0.1, 0.15) is 0 Å². The zero-order valence-electron chi connectivity index (χ0n) is 20.6. The highest BCUT2D eigenvalue weighted by molar-refractivity contribution is 6.17. The van der Waals surface area contributed by atoms with Crippen LogP contribution in [0.2, 0.25) is 0 Å². The van der Waals surface area contributed by atoms with E-state index in [1.807, 2.05) is 18.5 Å². The van der Waals surface area contributed by atoms with Gasteiger partial charge in [-0.05, 0) is 79.3 Å². The van der Waals surface area contributed by atoms with Gasteiger partial charge >= 0.3 is 0 Å². The second-order valence-electron chi connectivity index (χ2n) is 9.90.